The maximum atomic E-state index is 10.4. The van der Waals surface area contributed by atoms with Crippen LogP contribution in [0.3, 0.4) is 0 Å². The molecule has 1 heterocycles. The maximum Gasteiger partial charge on any atom is 0.434 e. The van der Waals surface area contributed by atoms with Gasteiger partial charge in [0.1, 0.15) is 12.4 Å². The molecule has 0 bridgehead atoms. The fourth-order valence-electron chi connectivity index (χ4n) is 1.01. The zero-order chi connectivity index (χ0) is 9.14. The van der Waals surface area contributed by atoms with Gasteiger partial charge in [-0.05, 0) is 10.8 Å². The first kappa shape index (κ1) is 8.70. The van der Waals surface area contributed by atoms with Crippen molar-refractivity contribution >= 4 is 5.95 Å². The van der Waals surface area contributed by atoms with E-state index in [0.29, 0.717) is 12.5 Å². The predicted octanol–water partition coefficient (Wildman–Crippen LogP) is 1.45. The Hall–Kier alpha value is -1.39. The van der Waals surface area contributed by atoms with Crippen LogP contribution < -0.4 is 0 Å². The van der Waals surface area contributed by atoms with Crippen LogP contribution in [0.5, 0.6) is 0 Å². The van der Waals surface area contributed by atoms with Crippen LogP contribution in [0.2, 0.25) is 0 Å². The van der Waals surface area contributed by atoms with Gasteiger partial charge in [-0.25, -0.2) is 4.57 Å². The summed E-state index contributed by atoms with van der Waals surface area (Å²) in [5, 5.41) is 10.4. The van der Waals surface area contributed by atoms with Crippen molar-refractivity contribution in [3.05, 3.63) is 22.5 Å². The summed E-state index contributed by atoms with van der Waals surface area (Å²) in [6, 6.07) is 0. The van der Waals surface area contributed by atoms with Crippen molar-refractivity contribution in [3.8, 4) is 0 Å². The SMILES string of the molecule is CC(C)Cn1ccnc1[N+](=O)[O-]. The van der Waals surface area contributed by atoms with E-state index in [-0.39, 0.29) is 5.95 Å². The summed E-state index contributed by atoms with van der Waals surface area (Å²) in [5.41, 5.74) is 0. The Labute approximate surface area is 70.2 Å². The summed E-state index contributed by atoms with van der Waals surface area (Å²) in [5.74, 6) is 0.307. The molecule has 0 saturated heterocycles. The van der Waals surface area contributed by atoms with E-state index in [0.717, 1.165) is 0 Å². The van der Waals surface area contributed by atoms with Gasteiger partial charge in [-0.15, -0.1) is 0 Å². The molecule has 0 aromatic carbocycles. The Balaban J connectivity index is 2.84. The molecule has 0 spiro atoms. The van der Waals surface area contributed by atoms with Gasteiger partial charge >= 0.3 is 5.95 Å². The molecule has 0 fully saturated rings. The first-order chi connectivity index (χ1) is 5.61. The van der Waals surface area contributed by atoms with Gasteiger partial charge < -0.3 is 10.1 Å². The summed E-state index contributed by atoms with van der Waals surface area (Å²) in [6.07, 6.45) is 3.07. The number of hydrogen-bond donors (Lipinski definition) is 0. The van der Waals surface area contributed by atoms with E-state index < -0.39 is 4.92 Å². The van der Waals surface area contributed by atoms with E-state index in [4.69, 9.17) is 0 Å². The van der Waals surface area contributed by atoms with E-state index in [9.17, 15) is 10.1 Å². The second-order valence-corrected chi connectivity index (χ2v) is 3.03. The van der Waals surface area contributed by atoms with Gasteiger partial charge in [0.05, 0.1) is 6.54 Å². The highest BCUT2D eigenvalue weighted by atomic mass is 16.6. The minimum atomic E-state index is -0.470. The van der Waals surface area contributed by atoms with E-state index in [1.54, 1.807) is 10.8 Å². The molecular formula is C7H11N3O2. The van der Waals surface area contributed by atoms with Crippen LogP contribution in [0, 0.1) is 16.0 Å². The topological polar surface area (TPSA) is 61.0 Å². The molecule has 66 valence electrons. The largest absolute Gasteiger partial charge is 0.434 e. The molecule has 0 N–H and O–H groups in total. The number of imidazole rings is 1. The fraction of sp³-hybridized carbons (Fsp3) is 0.571. The van der Waals surface area contributed by atoms with E-state index in [1.165, 1.54) is 6.20 Å². The van der Waals surface area contributed by atoms with Crippen molar-refractivity contribution in [2.24, 2.45) is 5.92 Å². The lowest BCUT2D eigenvalue weighted by Gasteiger charge is -2.03. The molecule has 0 aliphatic rings. The highest BCUT2D eigenvalue weighted by Crippen LogP contribution is 2.09. The minimum Gasteiger partial charge on any atom is -0.390 e. The van der Waals surface area contributed by atoms with Crippen LogP contribution in [-0.4, -0.2) is 14.5 Å². The summed E-state index contributed by atoms with van der Waals surface area (Å²) in [4.78, 5) is 13.5. The highest BCUT2D eigenvalue weighted by molar-refractivity contribution is 5.06. The molecular weight excluding hydrogens is 158 g/mol. The lowest BCUT2D eigenvalue weighted by Crippen LogP contribution is -2.07. The maximum absolute atomic E-state index is 10.4. The molecule has 1 aromatic heterocycles. The molecule has 5 nitrogen and oxygen atoms in total. The van der Waals surface area contributed by atoms with Crippen LogP contribution in [0.4, 0.5) is 5.95 Å². The Morgan fingerprint density at radius 1 is 1.75 bits per heavy atom. The van der Waals surface area contributed by atoms with E-state index in [1.807, 2.05) is 13.8 Å². The van der Waals surface area contributed by atoms with Crippen LogP contribution in [0.1, 0.15) is 13.8 Å². The van der Waals surface area contributed by atoms with Crippen molar-refractivity contribution in [2.75, 3.05) is 0 Å². The van der Waals surface area contributed by atoms with Crippen molar-refractivity contribution < 1.29 is 4.92 Å². The van der Waals surface area contributed by atoms with Crippen LogP contribution >= 0.6 is 0 Å². The minimum absolute atomic E-state index is 0.0799. The smallest absolute Gasteiger partial charge is 0.390 e. The second-order valence-electron chi connectivity index (χ2n) is 3.03. The zero-order valence-corrected chi connectivity index (χ0v) is 7.10. The Kier molecular flexibility index (Phi) is 2.42. The molecule has 0 radical (unpaired) electrons. The fourth-order valence-corrected chi connectivity index (χ4v) is 1.01. The third kappa shape index (κ3) is 1.81. The number of hydrogen-bond acceptors (Lipinski definition) is 3. The predicted molar refractivity (Wildman–Crippen MR) is 43.7 cm³/mol. The van der Waals surface area contributed by atoms with Crippen LogP contribution in [-0.2, 0) is 6.54 Å². The zero-order valence-electron chi connectivity index (χ0n) is 7.10. The third-order valence-corrected chi connectivity index (χ3v) is 1.42. The quantitative estimate of drug-likeness (QED) is 0.508. The molecule has 0 aliphatic heterocycles. The average Bonchev–Trinajstić information content (AvgIpc) is 2.33. The van der Waals surface area contributed by atoms with Gasteiger partial charge in [-0.3, -0.25) is 0 Å². The lowest BCUT2D eigenvalue weighted by molar-refractivity contribution is -0.396. The molecule has 1 rings (SSSR count). The number of nitro groups is 1. The monoisotopic (exact) mass is 169 g/mol. The molecule has 5 heteroatoms. The Morgan fingerprint density at radius 2 is 2.42 bits per heavy atom. The van der Waals surface area contributed by atoms with Crippen LogP contribution in [0.15, 0.2) is 12.4 Å². The van der Waals surface area contributed by atoms with Gasteiger partial charge in [0.25, 0.3) is 0 Å². The molecule has 0 atom stereocenters. The van der Waals surface area contributed by atoms with Crippen LogP contribution in [0.25, 0.3) is 0 Å². The molecule has 0 saturated carbocycles. The Morgan fingerprint density at radius 3 is 2.92 bits per heavy atom. The first-order valence-corrected chi connectivity index (χ1v) is 3.76. The van der Waals surface area contributed by atoms with Crippen molar-refractivity contribution in [3.63, 3.8) is 0 Å². The molecule has 1 aromatic rings. The van der Waals surface area contributed by atoms with E-state index >= 15 is 0 Å². The van der Waals surface area contributed by atoms with Gasteiger partial charge in [-0.2, -0.15) is 0 Å². The van der Waals surface area contributed by atoms with Crippen molar-refractivity contribution in [1.29, 1.82) is 0 Å². The van der Waals surface area contributed by atoms with Gasteiger partial charge in [-0.1, -0.05) is 18.8 Å². The molecule has 0 aliphatic carbocycles. The average molecular weight is 169 g/mol. The third-order valence-electron chi connectivity index (χ3n) is 1.42. The highest BCUT2D eigenvalue weighted by Gasteiger charge is 2.14. The Bertz CT molecular complexity index is 280. The number of aromatic nitrogens is 2. The number of rotatable bonds is 3. The van der Waals surface area contributed by atoms with Crippen molar-refractivity contribution in [2.45, 2.75) is 20.4 Å². The molecule has 0 amide bonds. The molecule has 12 heavy (non-hydrogen) atoms. The number of nitrogens with zero attached hydrogens (tertiary/aromatic N) is 3. The summed E-state index contributed by atoms with van der Waals surface area (Å²) in [7, 11) is 0. The standard InChI is InChI=1S/C7H11N3O2/c1-6(2)5-9-4-3-8-7(9)10(11)12/h3-4,6H,5H2,1-2H3. The van der Waals surface area contributed by atoms with Gasteiger partial charge in [0.2, 0.25) is 0 Å². The van der Waals surface area contributed by atoms with Crippen molar-refractivity contribution in [1.82, 2.24) is 9.55 Å². The van der Waals surface area contributed by atoms with Gasteiger partial charge in [0, 0.05) is 0 Å². The summed E-state index contributed by atoms with van der Waals surface area (Å²) in [6.45, 7) is 4.64. The lowest BCUT2D eigenvalue weighted by atomic mass is 10.2. The summed E-state index contributed by atoms with van der Waals surface area (Å²) >= 11 is 0. The second kappa shape index (κ2) is 3.34. The molecule has 0 unspecified atom stereocenters. The van der Waals surface area contributed by atoms with Gasteiger partial charge in [0.15, 0.2) is 0 Å². The normalized spacial score (nSPS) is 10.6. The first-order valence-electron chi connectivity index (χ1n) is 3.76. The van der Waals surface area contributed by atoms with E-state index in [2.05, 4.69) is 4.98 Å². The summed E-state index contributed by atoms with van der Waals surface area (Å²) < 4.78 is 1.55.